The number of benzene rings is 1. The third kappa shape index (κ3) is 2.71. The second kappa shape index (κ2) is 5.61. The highest BCUT2D eigenvalue weighted by Gasteiger charge is 2.45. The standard InChI is InChI=1S/C15H17N5O2/c1-22-12-4-2-3-11(7-12)15(5-6-15)19-14-17-8-10(9-18-14)13(21)20-16/h2-4,7-9H,5-6,16H2,1H3,(H,20,21)(H,17,18,19). The summed E-state index contributed by atoms with van der Waals surface area (Å²) in [6.07, 6.45) is 4.88. The Hall–Kier alpha value is -2.67. The van der Waals surface area contributed by atoms with Crippen LogP contribution in [0.2, 0.25) is 0 Å². The zero-order chi connectivity index (χ0) is 15.6. The minimum absolute atomic E-state index is 0.161. The molecule has 4 N–H and O–H groups in total. The number of nitrogens with zero attached hydrogens (tertiary/aromatic N) is 2. The van der Waals surface area contributed by atoms with Gasteiger partial charge in [-0.3, -0.25) is 10.2 Å². The first-order chi connectivity index (χ1) is 10.7. The predicted molar refractivity (Wildman–Crippen MR) is 81.2 cm³/mol. The lowest BCUT2D eigenvalue weighted by Crippen LogP contribution is -2.30. The number of hydrazine groups is 1. The van der Waals surface area contributed by atoms with Crippen molar-refractivity contribution in [2.75, 3.05) is 12.4 Å². The highest BCUT2D eigenvalue weighted by molar-refractivity contribution is 5.93. The summed E-state index contributed by atoms with van der Waals surface area (Å²) in [6, 6.07) is 7.94. The number of anilines is 1. The number of aromatic nitrogens is 2. The molecule has 0 bridgehead atoms. The Labute approximate surface area is 127 Å². The molecule has 1 aromatic carbocycles. The number of carbonyl (C=O) groups excluding carboxylic acids is 1. The number of amides is 1. The van der Waals surface area contributed by atoms with Crippen molar-refractivity contribution in [3.8, 4) is 5.75 Å². The summed E-state index contributed by atoms with van der Waals surface area (Å²) in [5.41, 5.74) is 3.34. The average molecular weight is 299 g/mol. The number of ether oxygens (including phenoxy) is 1. The molecule has 1 aromatic heterocycles. The van der Waals surface area contributed by atoms with E-state index in [0.717, 1.165) is 24.2 Å². The fourth-order valence-corrected chi connectivity index (χ4v) is 2.34. The molecule has 7 nitrogen and oxygen atoms in total. The van der Waals surface area contributed by atoms with Crippen LogP contribution in [0, 0.1) is 0 Å². The summed E-state index contributed by atoms with van der Waals surface area (Å²) in [5.74, 6) is 5.96. The molecule has 0 unspecified atom stereocenters. The topological polar surface area (TPSA) is 102 Å². The van der Waals surface area contributed by atoms with E-state index in [9.17, 15) is 4.79 Å². The largest absolute Gasteiger partial charge is 0.497 e. The van der Waals surface area contributed by atoms with Gasteiger partial charge in [-0.05, 0) is 30.5 Å². The van der Waals surface area contributed by atoms with Crippen LogP contribution in [0.1, 0.15) is 28.8 Å². The summed E-state index contributed by atoms with van der Waals surface area (Å²) < 4.78 is 5.27. The van der Waals surface area contributed by atoms with Gasteiger partial charge in [-0.25, -0.2) is 15.8 Å². The quantitative estimate of drug-likeness (QED) is 0.435. The minimum Gasteiger partial charge on any atom is -0.497 e. The lowest BCUT2D eigenvalue weighted by molar-refractivity contribution is 0.0953. The molecular weight excluding hydrogens is 282 g/mol. The van der Waals surface area contributed by atoms with Crippen LogP contribution >= 0.6 is 0 Å². The highest BCUT2D eigenvalue weighted by atomic mass is 16.5. The normalized spacial score (nSPS) is 15.0. The summed E-state index contributed by atoms with van der Waals surface area (Å²) in [6.45, 7) is 0. The maximum Gasteiger partial charge on any atom is 0.268 e. The second-order valence-electron chi connectivity index (χ2n) is 5.21. The van der Waals surface area contributed by atoms with E-state index >= 15 is 0 Å². The molecule has 1 fully saturated rings. The Morgan fingerprint density at radius 2 is 2.05 bits per heavy atom. The number of nitrogen functional groups attached to an aromatic ring is 1. The van der Waals surface area contributed by atoms with Gasteiger partial charge in [0, 0.05) is 12.4 Å². The SMILES string of the molecule is COc1cccc(C2(Nc3ncc(C(=O)NN)cn3)CC2)c1. The summed E-state index contributed by atoms with van der Waals surface area (Å²) in [5, 5.41) is 3.34. The van der Waals surface area contributed by atoms with E-state index < -0.39 is 5.91 Å². The van der Waals surface area contributed by atoms with Crippen molar-refractivity contribution >= 4 is 11.9 Å². The van der Waals surface area contributed by atoms with Crippen LogP contribution in [0.4, 0.5) is 5.95 Å². The molecule has 2 aromatic rings. The monoisotopic (exact) mass is 299 g/mol. The van der Waals surface area contributed by atoms with Gasteiger partial charge in [0.1, 0.15) is 5.75 Å². The molecule has 22 heavy (non-hydrogen) atoms. The van der Waals surface area contributed by atoms with Gasteiger partial charge in [0.2, 0.25) is 5.95 Å². The molecule has 1 saturated carbocycles. The minimum atomic E-state index is -0.416. The number of nitrogens with two attached hydrogens (primary N) is 1. The third-order valence-corrected chi connectivity index (χ3v) is 3.77. The highest BCUT2D eigenvalue weighted by Crippen LogP contribution is 2.48. The first-order valence-corrected chi connectivity index (χ1v) is 6.92. The van der Waals surface area contributed by atoms with Crippen molar-refractivity contribution in [3.63, 3.8) is 0 Å². The molecule has 0 radical (unpaired) electrons. The Balaban J connectivity index is 1.78. The first-order valence-electron chi connectivity index (χ1n) is 6.92. The van der Waals surface area contributed by atoms with Gasteiger partial charge in [0.05, 0.1) is 18.2 Å². The van der Waals surface area contributed by atoms with Gasteiger partial charge >= 0.3 is 0 Å². The van der Waals surface area contributed by atoms with Crippen molar-refractivity contribution in [3.05, 3.63) is 47.8 Å². The fraction of sp³-hybridized carbons (Fsp3) is 0.267. The van der Waals surface area contributed by atoms with E-state index in [1.54, 1.807) is 7.11 Å². The molecule has 1 amide bonds. The molecule has 3 rings (SSSR count). The van der Waals surface area contributed by atoms with E-state index in [4.69, 9.17) is 10.6 Å². The van der Waals surface area contributed by atoms with Crippen LogP contribution in [-0.2, 0) is 5.54 Å². The Kier molecular flexibility index (Phi) is 3.64. The van der Waals surface area contributed by atoms with Crippen LogP contribution in [0.3, 0.4) is 0 Å². The van der Waals surface area contributed by atoms with Crippen LogP contribution in [-0.4, -0.2) is 23.0 Å². The van der Waals surface area contributed by atoms with E-state index in [0.29, 0.717) is 11.5 Å². The molecule has 114 valence electrons. The lowest BCUT2D eigenvalue weighted by atomic mass is 10.0. The number of hydrogen-bond donors (Lipinski definition) is 3. The lowest BCUT2D eigenvalue weighted by Gasteiger charge is -2.18. The molecule has 1 heterocycles. The molecule has 0 saturated heterocycles. The van der Waals surface area contributed by atoms with E-state index in [-0.39, 0.29) is 5.54 Å². The van der Waals surface area contributed by atoms with Gasteiger partial charge in [-0.1, -0.05) is 12.1 Å². The number of nitrogens with one attached hydrogen (secondary N) is 2. The predicted octanol–water partition coefficient (Wildman–Crippen LogP) is 1.19. The first kappa shape index (κ1) is 14.3. The van der Waals surface area contributed by atoms with E-state index in [1.165, 1.54) is 12.4 Å². The fourth-order valence-electron chi connectivity index (χ4n) is 2.34. The van der Waals surface area contributed by atoms with Gasteiger partial charge in [-0.2, -0.15) is 0 Å². The second-order valence-corrected chi connectivity index (χ2v) is 5.21. The van der Waals surface area contributed by atoms with Crippen LogP contribution in [0.25, 0.3) is 0 Å². The van der Waals surface area contributed by atoms with Crippen molar-refractivity contribution in [1.82, 2.24) is 15.4 Å². The van der Waals surface area contributed by atoms with Gasteiger partial charge in [0.15, 0.2) is 0 Å². The Morgan fingerprint density at radius 1 is 1.32 bits per heavy atom. The molecule has 0 spiro atoms. The van der Waals surface area contributed by atoms with Crippen molar-refractivity contribution in [1.29, 1.82) is 0 Å². The molecule has 0 atom stereocenters. The zero-order valence-electron chi connectivity index (χ0n) is 12.2. The summed E-state index contributed by atoms with van der Waals surface area (Å²) in [7, 11) is 1.65. The number of methoxy groups -OCH3 is 1. The maximum atomic E-state index is 11.4. The third-order valence-electron chi connectivity index (χ3n) is 3.77. The van der Waals surface area contributed by atoms with Crippen LogP contribution in [0.5, 0.6) is 5.75 Å². The smallest absolute Gasteiger partial charge is 0.268 e. The van der Waals surface area contributed by atoms with E-state index in [1.807, 2.05) is 23.6 Å². The molecular formula is C15H17N5O2. The van der Waals surface area contributed by atoms with Crippen molar-refractivity contribution < 1.29 is 9.53 Å². The molecule has 7 heteroatoms. The zero-order valence-corrected chi connectivity index (χ0v) is 12.2. The number of carbonyl (C=O) groups is 1. The molecule has 1 aliphatic carbocycles. The summed E-state index contributed by atoms with van der Waals surface area (Å²) >= 11 is 0. The molecule has 0 aliphatic heterocycles. The van der Waals surface area contributed by atoms with Gasteiger partial charge < -0.3 is 10.1 Å². The van der Waals surface area contributed by atoms with Crippen LogP contribution in [0.15, 0.2) is 36.7 Å². The van der Waals surface area contributed by atoms with Gasteiger partial charge in [-0.15, -0.1) is 0 Å². The van der Waals surface area contributed by atoms with E-state index in [2.05, 4.69) is 21.4 Å². The van der Waals surface area contributed by atoms with Crippen molar-refractivity contribution in [2.45, 2.75) is 18.4 Å². The van der Waals surface area contributed by atoms with Crippen molar-refractivity contribution in [2.24, 2.45) is 5.84 Å². The van der Waals surface area contributed by atoms with Crippen LogP contribution < -0.4 is 21.3 Å². The Morgan fingerprint density at radius 3 is 2.64 bits per heavy atom. The number of hydrogen-bond acceptors (Lipinski definition) is 6. The molecule has 1 aliphatic rings. The maximum absolute atomic E-state index is 11.4. The summed E-state index contributed by atoms with van der Waals surface area (Å²) in [4.78, 5) is 19.7. The average Bonchev–Trinajstić information content (AvgIpc) is 3.35. The van der Waals surface area contributed by atoms with Gasteiger partial charge in [0.25, 0.3) is 5.91 Å². The number of rotatable bonds is 5. The Bertz CT molecular complexity index is 683.